The average molecular weight is 213 g/mol. The fraction of sp³-hybridized carbons (Fsp3) is 0.333. The van der Waals surface area contributed by atoms with Crippen molar-refractivity contribution in [2.45, 2.75) is 26.7 Å². The maximum atomic E-state index is 5.87. The van der Waals surface area contributed by atoms with Crippen molar-refractivity contribution < 1.29 is 0 Å². The third-order valence-corrected chi connectivity index (χ3v) is 3.10. The molecular weight excluding hydrogens is 194 g/mol. The molecule has 0 amide bonds. The molecule has 0 saturated carbocycles. The van der Waals surface area contributed by atoms with E-state index < -0.39 is 0 Å². The molecule has 1 nitrogen and oxygen atoms in total. The Morgan fingerprint density at radius 1 is 1.38 bits per heavy atom. The zero-order valence-corrected chi connectivity index (χ0v) is 10.0. The van der Waals surface area contributed by atoms with Crippen molar-refractivity contribution in [2.75, 3.05) is 0 Å². The quantitative estimate of drug-likeness (QED) is 0.801. The van der Waals surface area contributed by atoms with Crippen molar-refractivity contribution >= 4 is 0 Å². The van der Waals surface area contributed by atoms with Crippen LogP contribution in [0, 0.1) is 12.3 Å². The van der Waals surface area contributed by atoms with Gasteiger partial charge in [-0.3, -0.25) is 0 Å². The molecule has 0 radical (unpaired) electrons. The molecular formula is C15H19N. The molecule has 0 fully saturated rings. The van der Waals surface area contributed by atoms with Crippen LogP contribution in [0.15, 0.2) is 48.2 Å². The second kappa shape index (κ2) is 4.17. The SMILES string of the molecule is Cc1cccc(CC2(C)C=C(N)C=CC2)c1. The van der Waals surface area contributed by atoms with Crippen LogP contribution in [0.2, 0.25) is 0 Å². The normalized spacial score (nSPS) is 24.2. The van der Waals surface area contributed by atoms with E-state index in [1.165, 1.54) is 11.1 Å². The lowest BCUT2D eigenvalue weighted by Crippen LogP contribution is -2.20. The van der Waals surface area contributed by atoms with Gasteiger partial charge in [0.1, 0.15) is 0 Å². The summed E-state index contributed by atoms with van der Waals surface area (Å²) in [6.45, 7) is 4.41. The van der Waals surface area contributed by atoms with E-state index in [2.05, 4.69) is 50.3 Å². The van der Waals surface area contributed by atoms with Crippen LogP contribution >= 0.6 is 0 Å². The number of rotatable bonds is 2. The number of hydrogen-bond donors (Lipinski definition) is 1. The Balaban J connectivity index is 2.18. The molecule has 0 bridgehead atoms. The Labute approximate surface area is 97.7 Å². The third-order valence-electron chi connectivity index (χ3n) is 3.10. The van der Waals surface area contributed by atoms with Gasteiger partial charge in [0.2, 0.25) is 0 Å². The molecule has 2 rings (SSSR count). The van der Waals surface area contributed by atoms with Crippen LogP contribution < -0.4 is 5.73 Å². The summed E-state index contributed by atoms with van der Waals surface area (Å²) in [4.78, 5) is 0. The maximum Gasteiger partial charge on any atom is 0.0276 e. The minimum atomic E-state index is 0.173. The molecule has 1 unspecified atom stereocenters. The first kappa shape index (κ1) is 11.0. The fourth-order valence-corrected chi connectivity index (χ4v) is 2.39. The van der Waals surface area contributed by atoms with Crippen LogP contribution in [0.3, 0.4) is 0 Å². The Morgan fingerprint density at radius 2 is 2.19 bits per heavy atom. The summed E-state index contributed by atoms with van der Waals surface area (Å²) in [5.74, 6) is 0. The second-order valence-electron chi connectivity index (χ2n) is 5.07. The van der Waals surface area contributed by atoms with E-state index in [9.17, 15) is 0 Å². The van der Waals surface area contributed by atoms with Crippen LogP contribution in [0.5, 0.6) is 0 Å². The Bertz CT molecular complexity index is 443. The maximum absolute atomic E-state index is 5.87. The Kier molecular flexibility index (Phi) is 2.86. The van der Waals surface area contributed by atoms with E-state index in [-0.39, 0.29) is 5.41 Å². The summed E-state index contributed by atoms with van der Waals surface area (Å²) in [6, 6.07) is 8.71. The first-order valence-electron chi connectivity index (χ1n) is 5.78. The van der Waals surface area contributed by atoms with Crippen molar-refractivity contribution in [1.82, 2.24) is 0 Å². The first-order chi connectivity index (χ1) is 7.57. The summed E-state index contributed by atoms with van der Waals surface area (Å²) in [5, 5.41) is 0. The molecule has 1 aromatic rings. The van der Waals surface area contributed by atoms with Gasteiger partial charge in [-0.2, -0.15) is 0 Å². The van der Waals surface area contributed by atoms with Crippen LogP contribution in [-0.2, 0) is 6.42 Å². The average Bonchev–Trinajstić information content (AvgIpc) is 2.16. The number of benzene rings is 1. The van der Waals surface area contributed by atoms with Gasteiger partial charge in [-0.25, -0.2) is 0 Å². The van der Waals surface area contributed by atoms with Gasteiger partial charge in [-0.1, -0.05) is 48.9 Å². The molecule has 1 atom stereocenters. The highest BCUT2D eigenvalue weighted by molar-refractivity contribution is 5.29. The van der Waals surface area contributed by atoms with Gasteiger partial charge in [0.15, 0.2) is 0 Å². The summed E-state index contributed by atoms with van der Waals surface area (Å²) in [5.41, 5.74) is 9.65. The zero-order chi connectivity index (χ0) is 11.6. The van der Waals surface area contributed by atoms with E-state index in [1.807, 2.05) is 6.08 Å². The summed E-state index contributed by atoms with van der Waals surface area (Å²) < 4.78 is 0. The minimum absolute atomic E-state index is 0.173. The van der Waals surface area contributed by atoms with Crippen molar-refractivity contribution in [3.8, 4) is 0 Å². The summed E-state index contributed by atoms with van der Waals surface area (Å²) >= 11 is 0. The molecule has 0 aromatic heterocycles. The topological polar surface area (TPSA) is 26.0 Å². The summed E-state index contributed by atoms with van der Waals surface area (Å²) in [7, 11) is 0. The number of allylic oxidation sites excluding steroid dienone is 3. The van der Waals surface area contributed by atoms with E-state index in [4.69, 9.17) is 5.73 Å². The molecule has 16 heavy (non-hydrogen) atoms. The van der Waals surface area contributed by atoms with E-state index in [1.54, 1.807) is 0 Å². The molecule has 0 spiro atoms. The van der Waals surface area contributed by atoms with Gasteiger partial charge in [-0.15, -0.1) is 0 Å². The van der Waals surface area contributed by atoms with Gasteiger partial charge in [-0.05, 0) is 36.8 Å². The lowest BCUT2D eigenvalue weighted by molar-refractivity contribution is 0.423. The molecule has 0 aliphatic heterocycles. The van der Waals surface area contributed by atoms with Gasteiger partial charge < -0.3 is 5.73 Å². The van der Waals surface area contributed by atoms with E-state index in [0.29, 0.717) is 0 Å². The van der Waals surface area contributed by atoms with Gasteiger partial charge in [0.05, 0.1) is 0 Å². The van der Waals surface area contributed by atoms with Crippen molar-refractivity contribution in [2.24, 2.45) is 11.1 Å². The van der Waals surface area contributed by atoms with Gasteiger partial charge >= 0.3 is 0 Å². The number of aryl methyl sites for hydroxylation is 1. The molecule has 0 heterocycles. The largest absolute Gasteiger partial charge is 0.399 e. The third kappa shape index (κ3) is 2.54. The zero-order valence-electron chi connectivity index (χ0n) is 10.0. The highest BCUT2D eigenvalue weighted by atomic mass is 14.6. The highest BCUT2D eigenvalue weighted by Crippen LogP contribution is 2.32. The van der Waals surface area contributed by atoms with Crippen molar-refractivity contribution in [3.63, 3.8) is 0 Å². The predicted octanol–water partition coefficient (Wildman–Crippen LogP) is 3.35. The van der Waals surface area contributed by atoms with Crippen molar-refractivity contribution in [1.29, 1.82) is 0 Å². The molecule has 2 N–H and O–H groups in total. The Morgan fingerprint density at radius 3 is 2.88 bits per heavy atom. The monoisotopic (exact) mass is 213 g/mol. The van der Waals surface area contributed by atoms with Gasteiger partial charge in [0, 0.05) is 5.70 Å². The van der Waals surface area contributed by atoms with Crippen LogP contribution in [0.4, 0.5) is 0 Å². The highest BCUT2D eigenvalue weighted by Gasteiger charge is 2.23. The molecule has 84 valence electrons. The Hall–Kier alpha value is -1.50. The van der Waals surface area contributed by atoms with E-state index >= 15 is 0 Å². The predicted molar refractivity (Wildman–Crippen MR) is 69.0 cm³/mol. The van der Waals surface area contributed by atoms with Gasteiger partial charge in [0.25, 0.3) is 0 Å². The van der Waals surface area contributed by atoms with Crippen LogP contribution in [0.25, 0.3) is 0 Å². The number of nitrogens with two attached hydrogens (primary N) is 1. The summed E-state index contributed by atoms with van der Waals surface area (Å²) in [6.07, 6.45) is 8.49. The van der Waals surface area contributed by atoms with Crippen LogP contribution in [-0.4, -0.2) is 0 Å². The van der Waals surface area contributed by atoms with E-state index in [0.717, 1.165) is 18.5 Å². The second-order valence-corrected chi connectivity index (χ2v) is 5.07. The standard InChI is InChI=1S/C15H19N/c1-12-5-3-6-13(9-12)10-15(2)8-4-7-14(16)11-15/h3-7,9,11H,8,10,16H2,1-2H3. The molecule has 1 aromatic carbocycles. The number of hydrogen-bond acceptors (Lipinski definition) is 1. The lowest BCUT2D eigenvalue weighted by atomic mass is 9.77. The lowest BCUT2D eigenvalue weighted by Gasteiger charge is -2.28. The minimum Gasteiger partial charge on any atom is -0.399 e. The van der Waals surface area contributed by atoms with Crippen molar-refractivity contribution in [3.05, 3.63) is 59.3 Å². The fourth-order valence-electron chi connectivity index (χ4n) is 2.39. The van der Waals surface area contributed by atoms with Crippen LogP contribution in [0.1, 0.15) is 24.5 Å². The first-order valence-corrected chi connectivity index (χ1v) is 5.78. The smallest absolute Gasteiger partial charge is 0.0276 e. The molecule has 1 heteroatoms. The molecule has 0 saturated heterocycles. The molecule has 1 aliphatic carbocycles. The molecule has 1 aliphatic rings.